The Balaban J connectivity index is 2.43. The highest BCUT2D eigenvalue weighted by atomic mass is 79.9. The molecule has 0 fully saturated rings. The number of hydrogen-bond acceptors (Lipinski definition) is 2. The molecule has 0 heterocycles. The molecule has 0 spiro atoms. The molecule has 0 saturated heterocycles. The fraction of sp³-hybridized carbons (Fsp3) is 0.136. The number of carbonyl (C=O) groups excluding carboxylic acids is 1. The van der Waals surface area contributed by atoms with Gasteiger partial charge in [-0.1, -0.05) is 56.1 Å². The van der Waals surface area contributed by atoms with E-state index in [9.17, 15) is 18.0 Å². The Hall–Kier alpha value is -2.12. The molecule has 1 aliphatic rings. The van der Waals surface area contributed by atoms with Gasteiger partial charge in [0.05, 0.1) is 5.57 Å². The Kier molecular flexibility index (Phi) is 6.19. The van der Waals surface area contributed by atoms with Crippen molar-refractivity contribution in [1.82, 2.24) is 4.90 Å². The van der Waals surface area contributed by atoms with Crippen LogP contribution in [-0.2, 0) is 4.79 Å². The Labute approximate surface area is 183 Å². The topological polar surface area (TPSA) is 20.3 Å². The molecule has 0 radical (unpaired) electrons. The van der Waals surface area contributed by atoms with Gasteiger partial charge in [0.2, 0.25) is 0 Å². The van der Waals surface area contributed by atoms with Crippen molar-refractivity contribution in [3.05, 3.63) is 91.5 Å². The van der Waals surface area contributed by atoms with Crippen LogP contribution in [0.25, 0.3) is 11.1 Å². The van der Waals surface area contributed by atoms with Gasteiger partial charge in [-0.05, 0) is 41.0 Å². The minimum atomic E-state index is -4.68. The van der Waals surface area contributed by atoms with Crippen LogP contribution in [0.1, 0.15) is 11.1 Å². The highest BCUT2D eigenvalue weighted by Crippen LogP contribution is 2.51. The molecule has 3 rings (SSSR count). The van der Waals surface area contributed by atoms with Gasteiger partial charge in [0.1, 0.15) is 0 Å². The number of rotatable bonds is 4. The van der Waals surface area contributed by atoms with Gasteiger partial charge < -0.3 is 4.90 Å². The van der Waals surface area contributed by atoms with Gasteiger partial charge in [-0.2, -0.15) is 13.2 Å². The van der Waals surface area contributed by atoms with Crippen molar-refractivity contribution in [3.8, 4) is 0 Å². The van der Waals surface area contributed by atoms with E-state index in [2.05, 4.69) is 31.9 Å². The number of benzene rings is 2. The van der Waals surface area contributed by atoms with Crippen LogP contribution in [0.2, 0.25) is 0 Å². The molecule has 0 amide bonds. The molecule has 0 bridgehead atoms. The van der Waals surface area contributed by atoms with Crippen molar-refractivity contribution in [2.24, 2.45) is 0 Å². The van der Waals surface area contributed by atoms with Crippen LogP contribution in [0.4, 0.5) is 13.2 Å². The molecule has 1 aliphatic carbocycles. The van der Waals surface area contributed by atoms with Crippen LogP contribution in [0.15, 0.2) is 80.4 Å². The summed E-state index contributed by atoms with van der Waals surface area (Å²) in [5.41, 5.74) is 0.487. The van der Waals surface area contributed by atoms with E-state index < -0.39 is 11.7 Å². The second-order valence-corrected chi connectivity index (χ2v) is 8.51. The predicted molar refractivity (Wildman–Crippen MR) is 116 cm³/mol. The van der Waals surface area contributed by atoms with Gasteiger partial charge in [0.15, 0.2) is 6.29 Å². The van der Waals surface area contributed by atoms with Crippen molar-refractivity contribution in [3.63, 3.8) is 0 Å². The lowest BCUT2D eigenvalue weighted by molar-refractivity contribution is -0.106. The highest BCUT2D eigenvalue weighted by Gasteiger charge is 2.45. The number of aldehydes is 1. The van der Waals surface area contributed by atoms with Gasteiger partial charge in [0, 0.05) is 46.0 Å². The minimum Gasteiger partial charge on any atom is -0.383 e. The van der Waals surface area contributed by atoms with Gasteiger partial charge in [-0.15, -0.1) is 0 Å². The molecular weight excluding hydrogens is 511 g/mol. The highest BCUT2D eigenvalue weighted by molar-refractivity contribution is 9.10. The Morgan fingerprint density at radius 1 is 0.828 bits per heavy atom. The third-order valence-electron chi connectivity index (χ3n) is 4.38. The van der Waals surface area contributed by atoms with Crippen LogP contribution in [0.5, 0.6) is 0 Å². The van der Waals surface area contributed by atoms with Gasteiger partial charge in [-0.3, -0.25) is 4.79 Å². The zero-order valence-corrected chi connectivity index (χ0v) is 18.7. The molecule has 2 aromatic carbocycles. The maximum atomic E-state index is 14.1. The van der Waals surface area contributed by atoms with E-state index in [0.717, 1.165) is 8.95 Å². The van der Waals surface area contributed by atoms with Crippen molar-refractivity contribution < 1.29 is 18.0 Å². The molecule has 7 heteroatoms. The van der Waals surface area contributed by atoms with Crippen LogP contribution in [0.3, 0.4) is 0 Å². The SMILES string of the molecule is CN(C)/C=C1/C(c2ccc(Br)cc2)=C(c2ccc(Br)cc2)C(C=O)=C1C(F)(F)F. The maximum Gasteiger partial charge on any atom is 0.417 e. The van der Waals surface area contributed by atoms with E-state index in [1.807, 2.05) is 0 Å². The number of allylic oxidation sites excluding steroid dienone is 5. The molecule has 150 valence electrons. The van der Waals surface area contributed by atoms with E-state index in [4.69, 9.17) is 0 Å². The van der Waals surface area contributed by atoms with Crippen molar-refractivity contribution in [2.45, 2.75) is 6.18 Å². The van der Waals surface area contributed by atoms with Crippen molar-refractivity contribution in [2.75, 3.05) is 14.1 Å². The number of carbonyl (C=O) groups is 1. The fourth-order valence-corrected chi connectivity index (χ4v) is 3.84. The smallest absolute Gasteiger partial charge is 0.383 e. The van der Waals surface area contributed by atoms with Gasteiger partial charge >= 0.3 is 6.18 Å². The number of alkyl halides is 3. The Bertz CT molecular complexity index is 1030. The first-order valence-electron chi connectivity index (χ1n) is 8.55. The second-order valence-electron chi connectivity index (χ2n) is 6.67. The third-order valence-corrected chi connectivity index (χ3v) is 5.44. The molecule has 0 saturated carbocycles. The van der Waals surface area contributed by atoms with Gasteiger partial charge in [0.25, 0.3) is 0 Å². The predicted octanol–water partition coefficient (Wildman–Crippen LogP) is 6.64. The third kappa shape index (κ3) is 4.41. The fourth-order valence-electron chi connectivity index (χ4n) is 3.31. The first-order valence-corrected chi connectivity index (χ1v) is 10.1. The Morgan fingerprint density at radius 2 is 1.28 bits per heavy atom. The standard InChI is InChI=1S/C22H16Br2F3NO/c1-28(2)11-17-19(13-3-7-15(23)8-4-13)20(14-5-9-16(24)10-6-14)18(12-29)21(17)22(25,26)27/h3-12H,1-2H3/b17-11-. The quantitative estimate of drug-likeness (QED) is 0.416. The largest absolute Gasteiger partial charge is 0.417 e. The summed E-state index contributed by atoms with van der Waals surface area (Å²) in [5.74, 6) is 0. The lowest BCUT2D eigenvalue weighted by Gasteiger charge is -2.17. The molecule has 0 atom stereocenters. The first-order chi connectivity index (χ1) is 13.6. The van der Waals surface area contributed by atoms with Crippen molar-refractivity contribution in [1.29, 1.82) is 0 Å². The number of halogens is 5. The average Bonchev–Trinajstić information content (AvgIpc) is 2.96. The summed E-state index contributed by atoms with van der Waals surface area (Å²) in [6, 6.07) is 13.9. The summed E-state index contributed by atoms with van der Waals surface area (Å²) in [4.78, 5) is 13.5. The summed E-state index contributed by atoms with van der Waals surface area (Å²) >= 11 is 6.70. The zero-order valence-electron chi connectivity index (χ0n) is 15.5. The van der Waals surface area contributed by atoms with Crippen LogP contribution < -0.4 is 0 Å². The molecule has 2 aromatic rings. The molecule has 2 nitrogen and oxygen atoms in total. The van der Waals surface area contributed by atoms with Crippen LogP contribution >= 0.6 is 31.9 Å². The van der Waals surface area contributed by atoms with E-state index in [1.54, 1.807) is 67.5 Å². The van der Waals surface area contributed by atoms with E-state index in [0.29, 0.717) is 23.0 Å². The number of hydrogen-bond donors (Lipinski definition) is 0. The summed E-state index contributed by atoms with van der Waals surface area (Å²) in [7, 11) is 3.30. The zero-order chi connectivity index (χ0) is 21.3. The van der Waals surface area contributed by atoms with E-state index in [1.165, 1.54) is 6.20 Å². The summed E-state index contributed by atoms with van der Waals surface area (Å²) in [6.45, 7) is 0. The van der Waals surface area contributed by atoms with E-state index >= 15 is 0 Å². The molecule has 0 aliphatic heterocycles. The monoisotopic (exact) mass is 525 g/mol. The minimum absolute atomic E-state index is 0.0233. The molecule has 0 N–H and O–H groups in total. The lowest BCUT2D eigenvalue weighted by atomic mass is 9.92. The molecule has 0 unspecified atom stereocenters. The van der Waals surface area contributed by atoms with Gasteiger partial charge in [-0.25, -0.2) is 0 Å². The van der Waals surface area contributed by atoms with Crippen LogP contribution in [0, 0.1) is 0 Å². The van der Waals surface area contributed by atoms with Crippen LogP contribution in [-0.4, -0.2) is 31.5 Å². The maximum absolute atomic E-state index is 14.1. The number of nitrogens with zero attached hydrogens (tertiary/aromatic N) is 1. The van der Waals surface area contributed by atoms with Crippen molar-refractivity contribution >= 4 is 49.3 Å². The molecule has 0 aromatic heterocycles. The lowest BCUT2D eigenvalue weighted by Crippen LogP contribution is -2.16. The normalized spacial score (nSPS) is 16.0. The average molecular weight is 527 g/mol. The molecule has 29 heavy (non-hydrogen) atoms. The summed E-state index contributed by atoms with van der Waals surface area (Å²) in [6.07, 6.45) is -2.97. The molecular formula is C22H16Br2F3NO. The Morgan fingerprint density at radius 3 is 1.66 bits per heavy atom. The van der Waals surface area contributed by atoms with E-state index in [-0.39, 0.29) is 16.7 Å². The summed E-state index contributed by atoms with van der Waals surface area (Å²) in [5, 5.41) is 0. The second kappa shape index (κ2) is 8.32. The first kappa shape index (κ1) is 21.6. The summed E-state index contributed by atoms with van der Waals surface area (Å²) < 4.78 is 43.9.